The molecule has 0 amide bonds. The first-order chi connectivity index (χ1) is 6.07. The van der Waals surface area contributed by atoms with Crippen molar-refractivity contribution in [3.8, 4) is 5.75 Å². The van der Waals surface area contributed by atoms with E-state index in [4.69, 9.17) is 10.8 Å². The van der Waals surface area contributed by atoms with Gasteiger partial charge >= 0.3 is 0 Å². The van der Waals surface area contributed by atoms with E-state index in [0.717, 1.165) is 12.1 Å². The fraction of sp³-hybridized carbons (Fsp3) is 0.250. The molecule has 1 aromatic carbocycles. The average molecular weight is 191 g/mol. The third kappa shape index (κ3) is 1.75. The van der Waals surface area contributed by atoms with Gasteiger partial charge in [-0.2, -0.15) is 4.39 Å². The Morgan fingerprint density at radius 3 is 2.54 bits per heavy atom. The van der Waals surface area contributed by atoms with E-state index in [1.807, 2.05) is 0 Å². The lowest BCUT2D eigenvalue weighted by atomic mass is 10.1. The molecule has 13 heavy (non-hydrogen) atoms. The van der Waals surface area contributed by atoms with Crippen LogP contribution in [0, 0.1) is 11.6 Å². The van der Waals surface area contributed by atoms with E-state index in [0.29, 0.717) is 0 Å². The van der Waals surface area contributed by atoms with Crippen LogP contribution in [0.4, 0.5) is 13.2 Å². The van der Waals surface area contributed by atoms with Crippen LogP contribution in [0.3, 0.4) is 0 Å². The zero-order valence-corrected chi connectivity index (χ0v) is 6.60. The molecule has 0 fully saturated rings. The first-order valence-corrected chi connectivity index (χ1v) is 3.56. The van der Waals surface area contributed by atoms with Gasteiger partial charge < -0.3 is 10.8 Å². The molecule has 0 aliphatic rings. The fourth-order valence-corrected chi connectivity index (χ4v) is 0.937. The zero-order chi connectivity index (χ0) is 10.0. The van der Waals surface area contributed by atoms with Crippen molar-refractivity contribution in [3.63, 3.8) is 0 Å². The molecule has 0 aliphatic heterocycles. The molecule has 3 N–H and O–H groups in total. The maximum Gasteiger partial charge on any atom is 0.200 e. The molecule has 0 aliphatic carbocycles. The molecular weight excluding hydrogens is 183 g/mol. The van der Waals surface area contributed by atoms with Gasteiger partial charge in [0.2, 0.25) is 5.82 Å². The molecule has 1 rings (SSSR count). The number of phenols is 1. The first-order valence-electron chi connectivity index (χ1n) is 3.56. The highest BCUT2D eigenvalue weighted by Crippen LogP contribution is 2.27. The number of nitrogens with two attached hydrogens (primary N) is 1. The summed E-state index contributed by atoms with van der Waals surface area (Å²) in [5.41, 5.74) is 5.05. The Labute approximate surface area is 72.8 Å². The lowest BCUT2D eigenvalue weighted by Crippen LogP contribution is -2.13. The molecule has 0 heterocycles. The minimum absolute atomic E-state index is 0.138. The van der Waals surface area contributed by atoms with Gasteiger partial charge in [0.25, 0.3) is 0 Å². The zero-order valence-electron chi connectivity index (χ0n) is 6.60. The van der Waals surface area contributed by atoms with E-state index in [-0.39, 0.29) is 5.56 Å². The third-order valence-corrected chi connectivity index (χ3v) is 1.67. The van der Waals surface area contributed by atoms with Gasteiger partial charge in [-0.3, -0.25) is 0 Å². The fourth-order valence-electron chi connectivity index (χ4n) is 0.937. The smallest absolute Gasteiger partial charge is 0.200 e. The molecule has 0 saturated carbocycles. The van der Waals surface area contributed by atoms with Crippen LogP contribution in [0.1, 0.15) is 11.6 Å². The molecule has 0 spiro atoms. The summed E-state index contributed by atoms with van der Waals surface area (Å²) in [7, 11) is 0. The summed E-state index contributed by atoms with van der Waals surface area (Å²) in [5.74, 6) is -3.51. The lowest BCUT2D eigenvalue weighted by molar-refractivity contribution is 0.381. The molecule has 1 atom stereocenters. The van der Waals surface area contributed by atoms with Gasteiger partial charge in [-0.25, -0.2) is 8.78 Å². The Hall–Kier alpha value is -1.23. The van der Waals surface area contributed by atoms with E-state index < -0.39 is 30.1 Å². The Morgan fingerprint density at radius 1 is 1.38 bits per heavy atom. The number of halogens is 3. The number of hydrogen-bond donors (Lipinski definition) is 2. The van der Waals surface area contributed by atoms with Crippen molar-refractivity contribution >= 4 is 0 Å². The minimum atomic E-state index is -1.40. The van der Waals surface area contributed by atoms with Crippen molar-refractivity contribution < 1.29 is 18.3 Å². The number of rotatable bonds is 2. The van der Waals surface area contributed by atoms with E-state index in [1.165, 1.54) is 0 Å². The van der Waals surface area contributed by atoms with Gasteiger partial charge in [0.05, 0.1) is 6.04 Å². The summed E-state index contributed by atoms with van der Waals surface area (Å²) >= 11 is 0. The van der Waals surface area contributed by atoms with E-state index >= 15 is 0 Å². The SMILES string of the molecule is N[C@@H](CF)c1ccc(F)c(F)c1O. The van der Waals surface area contributed by atoms with Gasteiger partial charge in [-0.1, -0.05) is 6.07 Å². The summed E-state index contributed by atoms with van der Waals surface area (Å²) in [6.45, 7) is -0.946. The monoisotopic (exact) mass is 191 g/mol. The quantitative estimate of drug-likeness (QED) is 0.746. The summed E-state index contributed by atoms with van der Waals surface area (Å²) in [6, 6.07) is 0.716. The van der Waals surface area contributed by atoms with Crippen molar-refractivity contribution in [1.29, 1.82) is 0 Å². The van der Waals surface area contributed by atoms with Crippen LogP contribution in [0.2, 0.25) is 0 Å². The Kier molecular flexibility index (Phi) is 2.77. The summed E-state index contributed by atoms with van der Waals surface area (Å²) in [6.07, 6.45) is 0. The molecule has 0 saturated heterocycles. The molecule has 0 unspecified atom stereocenters. The Balaban J connectivity index is 3.18. The van der Waals surface area contributed by atoms with Gasteiger partial charge in [0.1, 0.15) is 6.67 Å². The summed E-state index contributed by atoms with van der Waals surface area (Å²) in [5, 5.41) is 9.02. The standard InChI is InChI=1S/C8H8F3NO/c9-3-6(12)4-1-2-5(10)7(11)8(4)13/h1-2,6,13H,3,12H2/t6-/m0/s1. The second-order valence-corrected chi connectivity index (χ2v) is 2.56. The van der Waals surface area contributed by atoms with Crippen LogP contribution in [-0.4, -0.2) is 11.8 Å². The molecule has 0 aromatic heterocycles. The maximum atomic E-state index is 12.7. The van der Waals surface area contributed by atoms with E-state index in [2.05, 4.69) is 0 Å². The largest absolute Gasteiger partial charge is 0.505 e. The molecular formula is C8H8F3NO. The molecule has 72 valence electrons. The Morgan fingerprint density at radius 2 is 2.00 bits per heavy atom. The van der Waals surface area contributed by atoms with Gasteiger partial charge in [-0.05, 0) is 6.07 Å². The van der Waals surface area contributed by atoms with Crippen molar-refractivity contribution in [1.82, 2.24) is 0 Å². The van der Waals surface area contributed by atoms with E-state index in [9.17, 15) is 13.2 Å². The molecule has 1 aromatic rings. The lowest BCUT2D eigenvalue weighted by Gasteiger charge is -2.09. The van der Waals surface area contributed by atoms with Crippen LogP contribution >= 0.6 is 0 Å². The topological polar surface area (TPSA) is 46.2 Å². The number of phenolic OH excluding ortho intramolecular Hbond substituents is 1. The number of hydrogen-bond acceptors (Lipinski definition) is 2. The highest BCUT2D eigenvalue weighted by molar-refractivity contribution is 5.36. The Bertz CT molecular complexity index is 317. The van der Waals surface area contributed by atoms with Crippen molar-refractivity contribution in [2.24, 2.45) is 5.73 Å². The maximum absolute atomic E-state index is 12.7. The van der Waals surface area contributed by atoms with Crippen LogP contribution in [0.15, 0.2) is 12.1 Å². The van der Waals surface area contributed by atoms with Gasteiger partial charge in [0.15, 0.2) is 11.6 Å². The van der Waals surface area contributed by atoms with Crippen molar-refractivity contribution in [3.05, 3.63) is 29.3 Å². The van der Waals surface area contributed by atoms with Crippen molar-refractivity contribution in [2.75, 3.05) is 6.67 Å². The van der Waals surface area contributed by atoms with Gasteiger partial charge in [0, 0.05) is 5.56 Å². The minimum Gasteiger partial charge on any atom is -0.505 e. The van der Waals surface area contributed by atoms with Crippen LogP contribution in [-0.2, 0) is 0 Å². The van der Waals surface area contributed by atoms with E-state index in [1.54, 1.807) is 0 Å². The second-order valence-electron chi connectivity index (χ2n) is 2.56. The van der Waals surface area contributed by atoms with Crippen LogP contribution in [0.5, 0.6) is 5.75 Å². The van der Waals surface area contributed by atoms with Crippen LogP contribution < -0.4 is 5.73 Å². The second kappa shape index (κ2) is 3.66. The highest BCUT2D eigenvalue weighted by atomic mass is 19.2. The van der Waals surface area contributed by atoms with Crippen molar-refractivity contribution in [2.45, 2.75) is 6.04 Å². The summed E-state index contributed by atoms with van der Waals surface area (Å²) in [4.78, 5) is 0. The number of benzene rings is 1. The highest BCUT2D eigenvalue weighted by Gasteiger charge is 2.16. The normalized spacial score (nSPS) is 12.9. The third-order valence-electron chi connectivity index (χ3n) is 1.67. The molecule has 5 heteroatoms. The number of aromatic hydroxyl groups is 1. The average Bonchev–Trinajstić information content (AvgIpc) is 2.13. The van der Waals surface area contributed by atoms with Crippen LogP contribution in [0.25, 0.3) is 0 Å². The number of alkyl halides is 1. The molecule has 2 nitrogen and oxygen atoms in total. The molecule has 0 radical (unpaired) electrons. The first kappa shape index (κ1) is 9.85. The predicted molar refractivity (Wildman–Crippen MR) is 40.9 cm³/mol. The molecule has 0 bridgehead atoms. The predicted octanol–water partition coefficient (Wildman–Crippen LogP) is 1.64. The summed E-state index contributed by atoms with van der Waals surface area (Å²) < 4.78 is 37.2. The van der Waals surface area contributed by atoms with Gasteiger partial charge in [-0.15, -0.1) is 0 Å².